The molecule has 1 N–H and O–H groups in total. The maximum absolute atomic E-state index is 13.5. The van der Waals surface area contributed by atoms with Crippen LogP contribution in [-0.4, -0.2) is 26.5 Å². The minimum absolute atomic E-state index is 0.0234. The fourth-order valence-corrected chi connectivity index (χ4v) is 4.54. The highest BCUT2D eigenvalue weighted by atomic mass is 32.2. The van der Waals surface area contributed by atoms with Gasteiger partial charge in [-0.3, -0.25) is 0 Å². The summed E-state index contributed by atoms with van der Waals surface area (Å²) in [5, 5.41) is 3.15. The van der Waals surface area contributed by atoms with Crippen molar-refractivity contribution in [2.24, 2.45) is 5.92 Å². The lowest BCUT2D eigenvalue weighted by Gasteiger charge is -2.34. The lowest BCUT2D eigenvalue weighted by atomic mass is 9.81. The molecular formula is C16H24FNO2S. The first-order valence-electron chi connectivity index (χ1n) is 7.59. The van der Waals surface area contributed by atoms with Crippen LogP contribution in [0, 0.1) is 11.7 Å². The fraction of sp³-hybridized carbons (Fsp3) is 0.625. The third kappa shape index (κ3) is 4.27. The molecule has 0 radical (unpaired) electrons. The Morgan fingerprint density at radius 1 is 1.38 bits per heavy atom. The Balaban J connectivity index is 2.22. The smallest absolute Gasteiger partial charge is 0.150 e. The number of hydrogen-bond donors (Lipinski definition) is 1. The third-order valence-corrected chi connectivity index (χ3v) is 6.01. The van der Waals surface area contributed by atoms with Crippen LogP contribution in [0.2, 0.25) is 0 Å². The molecule has 5 heteroatoms. The van der Waals surface area contributed by atoms with E-state index in [1.54, 1.807) is 12.1 Å². The van der Waals surface area contributed by atoms with Gasteiger partial charge >= 0.3 is 0 Å². The van der Waals surface area contributed by atoms with Gasteiger partial charge in [0.1, 0.15) is 15.7 Å². The second-order valence-electron chi connectivity index (χ2n) is 5.97. The van der Waals surface area contributed by atoms with E-state index in [9.17, 15) is 12.8 Å². The molecule has 0 saturated heterocycles. The molecule has 1 aromatic rings. The first-order chi connectivity index (χ1) is 9.91. The summed E-state index contributed by atoms with van der Waals surface area (Å²) in [6.07, 6.45) is 4.63. The summed E-state index contributed by atoms with van der Waals surface area (Å²) in [7, 11) is -3.00. The predicted molar refractivity (Wildman–Crippen MR) is 83.4 cm³/mol. The normalized spacial score (nSPS) is 24.7. The fourth-order valence-electron chi connectivity index (χ4n) is 3.35. The van der Waals surface area contributed by atoms with E-state index >= 15 is 0 Å². The van der Waals surface area contributed by atoms with Crippen molar-refractivity contribution in [3.8, 4) is 0 Å². The first kappa shape index (κ1) is 16.4. The van der Waals surface area contributed by atoms with E-state index < -0.39 is 9.84 Å². The van der Waals surface area contributed by atoms with Gasteiger partial charge in [-0.05, 0) is 49.4 Å². The van der Waals surface area contributed by atoms with Crippen LogP contribution >= 0.6 is 0 Å². The minimum atomic E-state index is -3.00. The molecule has 0 bridgehead atoms. The maximum Gasteiger partial charge on any atom is 0.150 e. The largest absolute Gasteiger partial charge is 0.310 e. The van der Waals surface area contributed by atoms with Gasteiger partial charge in [0, 0.05) is 12.3 Å². The standard InChI is InChI=1S/C16H24FNO2S/c1-3-18-16(12-6-4-8-14(17)10-12)13-7-5-9-15(11-13)21(2,19)20/h4,6,8,10,13,15-16,18H,3,5,7,9,11H2,1-2H3. The van der Waals surface area contributed by atoms with Crippen molar-refractivity contribution < 1.29 is 12.8 Å². The van der Waals surface area contributed by atoms with Crippen LogP contribution in [0.25, 0.3) is 0 Å². The molecule has 1 aliphatic rings. The van der Waals surface area contributed by atoms with Gasteiger partial charge in [0.25, 0.3) is 0 Å². The van der Waals surface area contributed by atoms with Crippen LogP contribution in [0.1, 0.15) is 44.2 Å². The quantitative estimate of drug-likeness (QED) is 0.908. The molecule has 1 fully saturated rings. The van der Waals surface area contributed by atoms with Crippen LogP contribution < -0.4 is 5.32 Å². The van der Waals surface area contributed by atoms with Crippen molar-refractivity contribution in [1.29, 1.82) is 0 Å². The lowest BCUT2D eigenvalue weighted by molar-refractivity contribution is 0.275. The molecule has 2 rings (SSSR count). The van der Waals surface area contributed by atoms with E-state index in [0.29, 0.717) is 6.42 Å². The Bertz CT molecular complexity index is 573. The van der Waals surface area contributed by atoms with Gasteiger partial charge in [-0.25, -0.2) is 12.8 Å². The molecule has 0 amide bonds. The van der Waals surface area contributed by atoms with E-state index in [-0.39, 0.29) is 23.0 Å². The maximum atomic E-state index is 13.5. The average molecular weight is 313 g/mol. The van der Waals surface area contributed by atoms with E-state index in [2.05, 4.69) is 5.32 Å². The molecule has 1 aromatic carbocycles. The zero-order chi connectivity index (χ0) is 15.5. The molecule has 0 heterocycles. The predicted octanol–water partition coefficient (Wildman–Crippen LogP) is 3.08. The Hall–Kier alpha value is -0.940. The number of sulfone groups is 1. The van der Waals surface area contributed by atoms with Crippen molar-refractivity contribution in [3.05, 3.63) is 35.6 Å². The van der Waals surface area contributed by atoms with Gasteiger partial charge in [-0.1, -0.05) is 25.5 Å². The number of benzene rings is 1. The van der Waals surface area contributed by atoms with Crippen LogP contribution in [0.15, 0.2) is 24.3 Å². The Kier molecular flexibility index (Phi) is 5.38. The highest BCUT2D eigenvalue weighted by Gasteiger charge is 2.33. The van der Waals surface area contributed by atoms with Gasteiger partial charge in [0.2, 0.25) is 0 Å². The van der Waals surface area contributed by atoms with E-state index in [1.807, 2.05) is 13.0 Å². The summed E-state index contributed by atoms with van der Waals surface area (Å²) in [6.45, 7) is 2.80. The minimum Gasteiger partial charge on any atom is -0.310 e. The summed E-state index contributed by atoms with van der Waals surface area (Å²) in [5.41, 5.74) is 0.913. The van der Waals surface area contributed by atoms with Gasteiger partial charge in [-0.2, -0.15) is 0 Å². The molecule has 118 valence electrons. The van der Waals surface area contributed by atoms with E-state index in [1.165, 1.54) is 12.3 Å². The van der Waals surface area contributed by atoms with E-state index in [4.69, 9.17) is 0 Å². The number of nitrogens with one attached hydrogen (secondary N) is 1. The van der Waals surface area contributed by atoms with Crippen LogP contribution in [-0.2, 0) is 9.84 Å². The molecule has 1 saturated carbocycles. The van der Waals surface area contributed by atoms with Crippen molar-refractivity contribution in [2.75, 3.05) is 12.8 Å². The van der Waals surface area contributed by atoms with Gasteiger partial charge in [0.15, 0.2) is 0 Å². The molecule has 3 unspecified atom stereocenters. The van der Waals surface area contributed by atoms with Crippen molar-refractivity contribution in [1.82, 2.24) is 5.32 Å². The highest BCUT2D eigenvalue weighted by molar-refractivity contribution is 7.91. The molecular weight excluding hydrogens is 289 g/mol. The topological polar surface area (TPSA) is 46.2 Å². The number of halogens is 1. The van der Waals surface area contributed by atoms with Gasteiger partial charge < -0.3 is 5.32 Å². The summed E-state index contributed by atoms with van der Waals surface area (Å²) in [6, 6.07) is 6.64. The summed E-state index contributed by atoms with van der Waals surface area (Å²) in [4.78, 5) is 0. The van der Waals surface area contributed by atoms with Crippen molar-refractivity contribution in [2.45, 2.75) is 43.9 Å². The molecule has 3 atom stereocenters. The lowest BCUT2D eigenvalue weighted by Crippen LogP contribution is -2.35. The molecule has 1 aliphatic carbocycles. The molecule has 0 spiro atoms. The van der Waals surface area contributed by atoms with Crippen LogP contribution in [0.3, 0.4) is 0 Å². The summed E-state index contributed by atoms with van der Waals surface area (Å²) < 4.78 is 37.1. The average Bonchev–Trinajstić information content (AvgIpc) is 2.44. The number of rotatable bonds is 5. The molecule has 3 nitrogen and oxygen atoms in total. The van der Waals surface area contributed by atoms with Crippen molar-refractivity contribution >= 4 is 9.84 Å². The Morgan fingerprint density at radius 2 is 2.14 bits per heavy atom. The SMILES string of the molecule is CCNC(c1cccc(F)c1)C1CCCC(S(C)(=O)=O)C1. The third-order valence-electron chi connectivity index (χ3n) is 4.38. The Morgan fingerprint density at radius 3 is 2.76 bits per heavy atom. The van der Waals surface area contributed by atoms with E-state index in [0.717, 1.165) is 31.4 Å². The molecule has 0 aliphatic heterocycles. The van der Waals surface area contributed by atoms with Crippen LogP contribution in [0.5, 0.6) is 0 Å². The molecule has 21 heavy (non-hydrogen) atoms. The second kappa shape index (κ2) is 6.88. The summed E-state index contributed by atoms with van der Waals surface area (Å²) >= 11 is 0. The Labute approximate surface area is 126 Å². The highest BCUT2D eigenvalue weighted by Crippen LogP contribution is 2.36. The summed E-state index contributed by atoms with van der Waals surface area (Å²) in [5.74, 6) is -0.00824. The monoisotopic (exact) mass is 313 g/mol. The van der Waals surface area contributed by atoms with Gasteiger partial charge in [0.05, 0.1) is 5.25 Å². The zero-order valence-corrected chi connectivity index (χ0v) is 13.5. The second-order valence-corrected chi connectivity index (χ2v) is 8.29. The number of hydrogen-bond acceptors (Lipinski definition) is 3. The van der Waals surface area contributed by atoms with Gasteiger partial charge in [-0.15, -0.1) is 0 Å². The van der Waals surface area contributed by atoms with Crippen LogP contribution in [0.4, 0.5) is 4.39 Å². The first-order valence-corrected chi connectivity index (χ1v) is 9.55. The van der Waals surface area contributed by atoms with Crippen molar-refractivity contribution in [3.63, 3.8) is 0 Å². The zero-order valence-electron chi connectivity index (χ0n) is 12.7. The molecule has 0 aromatic heterocycles.